The molecule has 1 saturated heterocycles. The van der Waals surface area contributed by atoms with Gasteiger partial charge < -0.3 is 4.74 Å². The molecule has 1 aliphatic heterocycles. The van der Waals surface area contributed by atoms with Crippen molar-refractivity contribution in [1.82, 2.24) is 4.98 Å². The van der Waals surface area contributed by atoms with Gasteiger partial charge in [0.25, 0.3) is 5.91 Å². The Kier molecular flexibility index (Phi) is 6.18. The molecule has 1 unspecified atom stereocenters. The average molecular weight is 431 g/mol. The summed E-state index contributed by atoms with van der Waals surface area (Å²) in [5, 5.41) is 0.933. The lowest BCUT2D eigenvalue weighted by Gasteiger charge is -2.23. The zero-order valence-corrected chi connectivity index (χ0v) is 18.1. The Hall–Kier alpha value is -1.96. The average Bonchev–Trinajstić information content (AvgIpc) is 3.35. The summed E-state index contributed by atoms with van der Waals surface area (Å²) >= 11 is 3.05. The first kappa shape index (κ1) is 20.3. The Morgan fingerprint density at radius 2 is 2.17 bits per heavy atom. The van der Waals surface area contributed by atoms with Crippen LogP contribution in [0, 0.1) is 5.82 Å². The highest BCUT2D eigenvalue weighted by atomic mass is 32.2. The number of carbonyl (C=O) groups excluding carboxylic acids is 1. The molecule has 1 amide bonds. The lowest BCUT2D eigenvalue weighted by molar-refractivity contribution is 0.0917. The van der Waals surface area contributed by atoms with Crippen molar-refractivity contribution >= 4 is 44.4 Å². The Morgan fingerprint density at radius 3 is 2.90 bits per heavy atom. The summed E-state index contributed by atoms with van der Waals surface area (Å²) in [6.45, 7) is 5.38. The predicted octanol–water partition coefficient (Wildman–Crippen LogP) is 5.76. The number of hydrogen-bond acceptors (Lipinski definition) is 5. The summed E-state index contributed by atoms with van der Waals surface area (Å²) in [6.07, 6.45) is 1.87. The molecule has 7 heteroatoms. The number of ether oxygens (including phenoxy) is 1. The van der Waals surface area contributed by atoms with Gasteiger partial charge in [-0.05, 0) is 43.2 Å². The maximum absolute atomic E-state index is 14.2. The molecule has 0 aliphatic carbocycles. The third-order valence-electron chi connectivity index (χ3n) is 4.70. The topological polar surface area (TPSA) is 42.4 Å². The molecule has 2 aromatic carbocycles. The van der Waals surface area contributed by atoms with Crippen LogP contribution >= 0.6 is 23.1 Å². The number of fused-ring (bicyclic) bond motifs is 1. The van der Waals surface area contributed by atoms with Crippen molar-refractivity contribution in [3.63, 3.8) is 0 Å². The zero-order valence-electron chi connectivity index (χ0n) is 16.4. The zero-order chi connectivity index (χ0) is 20.4. The van der Waals surface area contributed by atoms with Crippen molar-refractivity contribution in [3.05, 3.63) is 53.8 Å². The summed E-state index contributed by atoms with van der Waals surface area (Å²) in [4.78, 5) is 20.6. The number of hydrogen-bond donors (Lipinski definition) is 0. The second-order valence-electron chi connectivity index (χ2n) is 7.33. The normalized spacial score (nSPS) is 16.6. The van der Waals surface area contributed by atoms with Crippen LogP contribution in [0.4, 0.5) is 9.52 Å². The first-order chi connectivity index (χ1) is 14.0. The van der Waals surface area contributed by atoms with Crippen molar-refractivity contribution in [3.8, 4) is 0 Å². The van der Waals surface area contributed by atoms with E-state index in [9.17, 15) is 9.18 Å². The molecule has 29 heavy (non-hydrogen) atoms. The molecule has 4 rings (SSSR count). The molecule has 152 valence electrons. The molecule has 2 heterocycles. The molecule has 0 radical (unpaired) electrons. The SMILES string of the molecule is CC(C)Sc1cccc(C(=O)N(CC2CCCO2)c2nc3c(F)cccc3s2)c1. The van der Waals surface area contributed by atoms with E-state index in [4.69, 9.17) is 4.74 Å². The largest absolute Gasteiger partial charge is 0.376 e. The van der Waals surface area contributed by atoms with E-state index in [-0.39, 0.29) is 17.8 Å². The number of halogens is 1. The number of carbonyl (C=O) groups is 1. The smallest absolute Gasteiger partial charge is 0.260 e. The molecular weight excluding hydrogens is 407 g/mol. The summed E-state index contributed by atoms with van der Waals surface area (Å²) < 4.78 is 20.7. The predicted molar refractivity (Wildman–Crippen MR) is 118 cm³/mol. The fourth-order valence-electron chi connectivity index (χ4n) is 3.39. The third-order valence-corrected chi connectivity index (χ3v) is 6.74. The lowest BCUT2D eigenvalue weighted by atomic mass is 10.2. The van der Waals surface area contributed by atoms with Gasteiger partial charge in [0, 0.05) is 22.3 Å². The number of rotatable bonds is 6. The van der Waals surface area contributed by atoms with Crippen LogP contribution in [0.3, 0.4) is 0 Å². The lowest BCUT2D eigenvalue weighted by Crippen LogP contribution is -2.37. The molecule has 0 spiro atoms. The van der Waals surface area contributed by atoms with Gasteiger partial charge in [0.1, 0.15) is 11.3 Å². The van der Waals surface area contributed by atoms with Crippen LogP contribution in [-0.2, 0) is 4.74 Å². The van der Waals surface area contributed by atoms with Crippen LogP contribution in [0.25, 0.3) is 10.2 Å². The van der Waals surface area contributed by atoms with Crippen LogP contribution in [-0.4, -0.2) is 35.4 Å². The first-order valence-electron chi connectivity index (χ1n) is 9.76. The van der Waals surface area contributed by atoms with Crippen molar-refractivity contribution in [2.24, 2.45) is 0 Å². The molecule has 0 bridgehead atoms. The van der Waals surface area contributed by atoms with Crippen LogP contribution in [0.5, 0.6) is 0 Å². The van der Waals surface area contributed by atoms with Crippen molar-refractivity contribution < 1.29 is 13.9 Å². The monoisotopic (exact) mass is 430 g/mol. The van der Waals surface area contributed by atoms with Crippen molar-refractivity contribution in [2.75, 3.05) is 18.1 Å². The van der Waals surface area contributed by atoms with Gasteiger partial charge in [-0.3, -0.25) is 9.69 Å². The van der Waals surface area contributed by atoms with Crippen molar-refractivity contribution in [2.45, 2.75) is 42.9 Å². The van der Waals surface area contributed by atoms with E-state index < -0.39 is 0 Å². The van der Waals surface area contributed by atoms with Crippen LogP contribution in [0.2, 0.25) is 0 Å². The molecular formula is C22H23FN2O2S2. The number of thiazole rings is 1. The highest BCUT2D eigenvalue weighted by Gasteiger charge is 2.27. The molecule has 4 nitrogen and oxygen atoms in total. The number of benzene rings is 2. The fraction of sp³-hybridized carbons (Fsp3) is 0.364. The standard InChI is InChI=1S/C22H23FN2O2S2/c1-14(2)28-17-8-3-6-15(12-17)21(26)25(13-16-7-5-11-27-16)22-24-20-18(23)9-4-10-19(20)29-22/h3-4,6,8-10,12,14,16H,5,7,11,13H2,1-2H3. The van der Waals surface area contributed by atoms with Gasteiger partial charge >= 0.3 is 0 Å². The second kappa shape index (κ2) is 8.81. The van der Waals surface area contributed by atoms with E-state index in [1.54, 1.807) is 22.7 Å². The Morgan fingerprint density at radius 1 is 1.34 bits per heavy atom. The minimum atomic E-state index is -0.371. The quantitative estimate of drug-likeness (QED) is 0.466. The van der Waals surface area contributed by atoms with Gasteiger partial charge in [0.05, 0.1) is 17.3 Å². The van der Waals surface area contributed by atoms with Crippen LogP contribution in [0.1, 0.15) is 37.0 Å². The molecule has 1 fully saturated rings. The summed E-state index contributed by atoms with van der Waals surface area (Å²) in [5.74, 6) is -0.504. The molecule has 0 saturated carbocycles. The first-order valence-corrected chi connectivity index (χ1v) is 11.5. The molecule has 3 aromatic rings. The number of thioether (sulfide) groups is 1. The van der Waals surface area contributed by atoms with Crippen LogP contribution < -0.4 is 4.90 Å². The number of para-hydroxylation sites is 1. The highest BCUT2D eigenvalue weighted by Crippen LogP contribution is 2.32. The van der Waals surface area contributed by atoms with Gasteiger partial charge in [-0.25, -0.2) is 9.37 Å². The number of anilines is 1. The minimum Gasteiger partial charge on any atom is -0.376 e. The van der Waals surface area contributed by atoms with Gasteiger partial charge in [0.15, 0.2) is 5.13 Å². The van der Waals surface area contributed by atoms with E-state index in [0.717, 1.165) is 22.4 Å². The van der Waals surface area contributed by atoms with E-state index in [2.05, 4.69) is 18.8 Å². The molecule has 0 N–H and O–H groups in total. The van der Waals surface area contributed by atoms with E-state index in [1.165, 1.54) is 17.4 Å². The number of aromatic nitrogens is 1. The Labute approximate surface area is 178 Å². The molecule has 1 aliphatic rings. The number of amides is 1. The maximum Gasteiger partial charge on any atom is 0.260 e. The second-order valence-corrected chi connectivity index (χ2v) is 9.99. The fourth-order valence-corrected chi connectivity index (χ4v) is 5.27. The summed E-state index contributed by atoms with van der Waals surface area (Å²) in [5.41, 5.74) is 0.912. The van der Waals surface area contributed by atoms with Gasteiger partial charge in [-0.1, -0.05) is 37.3 Å². The Balaban J connectivity index is 1.69. The van der Waals surface area contributed by atoms with Crippen LogP contribution in [0.15, 0.2) is 47.4 Å². The van der Waals surface area contributed by atoms with Gasteiger partial charge in [-0.15, -0.1) is 11.8 Å². The third kappa shape index (κ3) is 4.63. The maximum atomic E-state index is 14.2. The summed E-state index contributed by atoms with van der Waals surface area (Å²) in [6, 6.07) is 12.5. The van der Waals surface area contributed by atoms with Crippen molar-refractivity contribution in [1.29, 1.82) is 0 Å². The van der Waals surface area contributed by atoms with Gasteiger partial charge in [-0.2, -0.15) is 0 Å². The molecule has 1 aromatic heterocycles. The Bertz CT molecular complexity index is 1010. The van der Waals surface area contributed by atoms with Gasteiger partial charge in [0.2, 0.25) is 0 Å². The van der Waals surface area contributed by atoms with E-state index >= 15 is 0 Å². The molecule has 1 atom stereocenters. The number of nitrogens with zero attached hydrogens (tertiary/aromatic N) is 2. The highest BCUT2D eigenvalue weighted by molar-refractivity contribution is 7.99. The van der Waals surface area contributed by atoms with E-state index in [1.807, 2.05) is 30.3 Å². The summed E-state index contributed by atoms with van der Waals surface area (Å²) in [7, 11) is 0. The minimum absolute atomic E-state index is 0.0240. The van der Waals surface area contributed by atoms with E-state index in [0.29, 0.717) is 34.6 Å².